The quantitative estimate of drug-likeness (QED) is 0.378. The van der Waals surface area contributed by atoms with E-state index in [-0.39, 0.29) is 13.0 Å². The van der Waals surface area contributed by atoms with Gasteiger partial charge in [-0.3, -0.25) is 0 Å². The lowest BCUT2D eigenvalue weighted by Gasteiger charge is -2.15. The average molecular weight is 194 g/mol. The molecule has 13 heavy (non-hydrogen) atoms. The predicted octanol–water partition coefficient (Wildman–Crippen LogP) is -2.22. The fourth-order valence-corrected chi connectivity index (χ4v) is 1.16. The number of hydrogen-bond donors (Lipinski definition) is 4. The summed E-state index contributed by atoms with van der Waals surface area (Å²) in [4.78, 5) is 0. The molecule has 0 aromatic rings. The van der Waals surface area contributed by atoms with Gasteiger partial charge in [0, 0.05) is 6.42 Å². The monoisotopic (exact) mass is 194 g/mol. The van der Waals surface area contributed by atoms with Crippen molar-refractivity contribution in [3.05, 3.63) is 0 Å². The van der Waals surface area contributed by atoms with E-state index < -0.39 is 31.4 Å². The summed E-state index contributed by atoms with van der Waals surface area (Å²) in [6.07, 6.45) is -3.36. The zero-order chi connectivity index (χ0) is 9.84. The molecule has 6 heteroatoms. The van der Waals surface area contributed by atoms with Crippen molar-refractivity contribution >= 4 is 0 Å². The Hall–Kier alpha value is -0.240. The fourth-order valence-electron chi connectivity index (χ4n) is 1.16. The molecule has 2 unspecified atom stereocenters. The normalized spacial score (nSPS) is 36.5. The van der Waals surface area contributed by atoms with E-state index in [1.807, 2.05) is 0 Å². The summed E-state index contributed by atoms with van der Waals surface area (Å²) in [6, 6.07) is 0. The van der Waals surface area contributed by atoms with Crippen molar-refractivity contribution < 1.29 is 29.9 Å². The SMILES string of the molecule is OCC(O)OC1C[C@H](O)[C@@H](CO)O1. The molecule has 1 saturated heterocycles. The van der Waals surface area contributed by atoms with Crippen molar-refractivity contribution in [1.29, 1.82) is 0 Å². The first-order valence-corrected chi connectivity index (χ1v) is 4.06. The van der Waals surface area contributed by atoms with Crippen LogP contribution in [0.3, 0.4) is 0 Å². The van der Waals surface area contributed by atoms with Crippen molar-refractivity contribution in [2.45, 2.75) is 31.2 Å². The average Bonchev–Trinajstić information content (AvgIpc) is 2.46. The Morgan fingerprint density at radius 1 is 1.46 bits per heavy atom. The third-order valence-corrected chi connectivity index (χ3v) is 1.83. The van der Waals surface area contributed by atoms with Crippen molar-refractivity contribution in [2.75, 3.05) is 13.2 Å². The molecule has 78 valence electrons. The summed E-state index contributed by atoms with van der Waals surface area (Å²) in [5, 5.41) is 35.2. The van der Waals surface area contributed by atoms with Crippen molar-refractivity contribution in [1.82, 2.24) is 0 Å². The lowest BCUT2D eigenvalue weighted by atomic mass is 10.2. The maximum absolute atomic E-state index is 9.24. The van der Waals surface area contributed by atoms with Gasteiger partial charge in [0.2, 0.25) is 0 Å². The molecular formula is C7H14O6. The molecule has 0 aromatic heterocycles. The molecule has 4 N–H and O–H groups in total. The molecule has 4 atom stereocenters. The Labute approximate surface area is 75.3 Å². The number of hydrogen-bond acceptors (Lipinski definition) is 6. The van der Waals surface area contributed by atoms with Gasteiger partial charge in [0.15, 0.2) is 12.6 Å². The third kappa shape index (κ3) is 2.87. The summed E-state index contributed by atoms with van der Waals surface area (Å²) < 4.78 is 9.78. The first-order valence-electron chi connectivity index (χ1n) is 4.06. The molecule has 0 aliphatic carbocycles. The van der Waals surface area contributed by atoms with Crippen LogP contribution in [0, 0.1) is 0 Å². The summed E-state index contributed by atoms with van der Waals surface area (Å²) >= 11 is 0. The van der Waals surface area contributed by atoms with Crippen molar-refractivity contribution in [3.8, 4) is 0 Å². The highest BCUT2D eigenvalue weighted by Gasteiger charge is 2.34. The lowest BCUT2D eigenvalue weighted by molar-refractivity contribution is -0.233. The molecule has 0 amide bonds. The molecule has 0 saturated carbocycles. The van der Waals surface area contributed by atoms with Crippen LogP contribution in [0.5, 0.6) is 0 Å². The Kier molecular flexibility index (Phi) is 4.04. The molecule has 0 bridgehead atoms. The topological polar surface area (TPSA) is 99.4 Å². The summed E-state index contributed by atoms with van der Waals surface area (Å²) in [6.45, 7) is -0.823. The molecule has 0 radical (unpaired) electrons. The maximum atomic E-state index is 9.24. The first-order chi connectivity index (χ1) is 6.17. The zero-order valence-corrected chi connectivity index (χ0v) is 7.04. The van der Waals surface area contributed by atoms with E-state index in [0.29, 0.717) is 0 Å². The summed E-state index contributed by atoms with van der Waals surface area (Å²) in [7, 11) is 0. The van der Waals surface area contributed by atoms with Gasteiger partial charge in [-0.2, -0.15) is 0 Å². The maximum Gasteiger partial charge on any atom is 0.181 e. The Morgan fingerprint density at radius 2 is 2.15 bits per heavy atom. The minimum absolute atomic E-state index is 0.183. The van der Waals surface area contributed by atoms with Gasteiger partial charge in [-0.25, -0.2) is 0 Å². The molecule has 0 spiro atoms. The van der Waals surface area contributed by atoms with Gasteiger partial charge in [0.1, 0.15) is 6.10 Å². The van der Waals surface area contributed by atoms with Gasteiger partial charge < -0.3 is 29.9 Å². The third-order valence-electron chi connectivity index (χ3n) is 1.83. The van der Waals surface area contributed by atoms with E-state index in [4.69, 9.17) is 24.8 Å². The number of rotatable bonds is 4. The molecule has 0 aromatic carbocycles. The minimum atomic E-state index is -1.31. The second-order valence-corrected chi connectivity index (χ2v) is 2.86. The first kappa shape index (κ1) is 10.8. The highest BCUT2D eigenvalue weighted by atomic mass is 16.7. The van der Waals surface area contributed by atoms with E-state index >= 15 is 0 Å². The van der Waals surface area contributed by atoms with Gasteiger partial charge in [0.05, 0.1) is 19.3 Å². The van der Waals surface area contributed by atoms with E-state index in [2.05, 4.69) is 0 Å². The zero-order valence-electron chi connectivity index (χ0n) is 7.04. The van der Waals surface area contributed by atoms with Gasteiger partial charge in [-0.15, -0.1) is 0 Å². The van der Waals surface area contributed by atoms with E-state index in [9.17, 15) is 5.11 Å². The van der Waals surface area contributed by atoms with Crippen LogP contribution in [0.25, 0.3) is 0 Å². The predicted molar refractivity (Wildman–Crippen MR) is 40.5 cm³/mol. The largest absolute Gasteiger partial charge is 0.394 e. The van der Waals surface area contributed by atoms with Gasteiger partial charge in [-0.1, -0.05) is 0 Å². The highest BCUT2D eigenvalue weighted by Crippen LogP contribution is 2.21. The van der Waals surface area contributed by atoms with Gasteiger partial charge in [-0.05, 0) is 0 Å². The van der Waals surface area contributed by atoms with Crippen molar-refractivity contribution in [3.63, 3.8) is 0 Å². The smallest absolute Gasteiger partial charge is 0.181 e. The fraction of sp³-hybridized carbons (Fsp3) is 1.00. The standard InChI is InChI=1S/C7H14O6/c8-2-5-4(10)1-7(12-5)13-6(11)3-9/h4-11H,1-3H2/t4-,5+,6?,7?/m0/s1. The highest BCUT2D eigenvalue weighted by molar-refractivity contribution is 4.77. The molecule has 1 heterocycles. The van der Waals surface area contributed by atoms with Crippen LogP contribution < -0.4 is 0 Å². The van der Waals surface area contributed by atoms with Crippen molar-refractivity contribution in [2.24, 2.45) is 0 Å². The van der Waals surface area contributed by atoms with Gasteiger partial charge in [0.25, 0.3) is 0 Å². The Morgan fingerprint density at radius 3 is 2.62 bits per heavy atom. The Bertz CT molecular complexity index is 150. The van der Waals surface area contributed by atoms with Crippen LogP contribution in [0.1, 0.15) is 6.42 Å². The van der Waals surface area contributed by atoms with Crippen LogP contribution >= 0.6 is 0 Å². The summed E-state index contributed by atoms with van der Waals surface area (Å²) in [5.41, 5.74) is 0. The molecule has 1 rings (SSSR count). The van der Waals surface area contributed by atoms with Crippen LogP contribution in [-0.4, -0.2) is 58.4 Å². The molecule has 1 fully saturated rings. The molecular weight excluding hydrogens is 180 g/mol. The molecule has 6 nitrogen and oxygen atoms in total. The van der Waals surface area contributed by atoms with E-state index in [1.165, 1.54) is 0 Å². The second kappa shape index (κ2) is 4.85. The van der Waals surface area contributed by atoms with Crippen LogP contribution in [-0.2, 0) is 9.47 Å². The number of aliphatic hydroxyl groups is 4. The Balaban J connectivity index is 2.31. The lowest BCUT2D eigenvalue weighted by Crippen LogP contribution is -2.26. The number of ether oxygens (including phenoxy) is 2. The number of aliphatic hydroxyl groups excluding tert-OH is 4. The molecule has 1 aliphatic heterocycles. The van der Waals surface area contributed by atoms with Crippen LogP contribution in [0.4, 0.5) is 0 Å². The van der Waals surface area contributed by atoms with Crippen LogP contribution in [0.15, 0.2) is 0 Å². The molecule has 1 aliphatic rings. The summed E-state index contributed by atoms with van der Waals surface area (Å²) in [5.74, 6) is 0. The minimum Gasteiger partial charge on any atom is -0.394 e. The van der Waals surface area contributed by atoms with E-state index in [1.54, 1.807) is 0 Å². The van der Waals surface area contributed by atoms with Gasteiger partial charge >= 0.3 is 0 Å². The van der Waals surface area contributed by atoms with E-state index in [0.717, 1.165) is 0 Å². The van der Waals surface area contributed by atoms with Crippen LogP contribution in [0.2, 0.25) is 0 Å². The second-order valence-electron chi connectivity index (χ2n) is 2.86.